The Morgan fingerprint density at radius 1 is 1.04 bits per heavy atom. The minimum atomic E-state index is -0.691. The quantitative estimate of drug-likeness (QED) is 0.821. The SMILES string of the molecule is CC(=O)Nc1cccc2ccccc12.CC(C)(C)CCCC(=O)O. The van der Waals surface area contributed by atoms with E-state index in [1.165, 1.54) is 6.92 Å². The van der Waals surface area contributed by atoms with Gasteiger partial charge in [0.2, 0.25) is 5.91 Å². The number of anilines is 1. The van der Waals surface area contributed by atoms with Crippen LogP contribution in [0.25, 0.3) is 10.8 Å². The summed E-state index contributed by atoms with van der Waals surface area (Å²) in [6, 6.07) is 13.9. The van der Waals surface area contributed by atoms with E-state index in [0.717, 1.165) is 29.3 Å². The highest BCUT2D eigenvalue weighted by Crippen LogP contribution is 2.22. The summed E-state index contributed by atoms with van der Waals surface area (Å²) in [4.78, 5) is 21.0. The average molecular weight is 329 g/mol. The van der Waals surface area contributed by atoms with Crippen molar-refractivity contribution in [2.45, 2.75) is 47.0 Å². The number of hydrogen-bond donors (Lipinski definition) is 2. The van der Waals surface area contributed by atoms with Gasteiger partial charge in [0.15, 0.2) is 0 Å². The Morgan fingerprint density at radius 3 is 2.25 bits per heavy atom. The molecule has 0 bridgehead atoms. The number of fused-ring (bicyclic) bond motifs is 1. The van der Waals surface area contributed by atoms with Crippen LogP contribution in [0.2, 0.25) is 0 Å². The van der Waals surface area contributed by atoms with Gasteiger partial charge >= 0.3 is 5.97 Å². The number of aliphatic carboxylic acids is 1. The standard InChI is InChI=1S/C12H11NO.C8H16O2/c1-9(14)13-12-8-4-6-10-5-2-3-7-11(10)12;1-8(2,3)6-4-5-7(9)10/h2-8H,1H3,(H,13,14);4-6H2,1-3H3,(H,9,10). The summed E-state index contributed by atoms with van der Waals surface area (Å²) in [5.74, 6) is -0.731. The fourth-order valence-corrected chi connectivity index (χ4v) is 2.29. The van der Waals surface area contributed by atoms with Crippen molar-refractivity contribution in [1.82, 2.24) is 0 Å². The van der Waals surface area contributed by atoms with Gasteiger partial charge in [0.25, 0.3) is 0 Å². The van der Waals surface area contributed by atoms with Crippen molar-refractivity contribution in [3.63, 3.8) is 0 Å². The van der Waals surface area contributed by atoms with Crippen molar-refractivity contribution >= 4 is 28.3 Å². The summed E-state index contributed by atoms with van der Waals surface area (Å²) in [6.45, 7) is 7.88. The molecule has 0 aliphatic heterocycles. The lowest BCUT2D eigenvalue weighted by molar-refractivity contribution is -0.137. The molecule has 4 nitrogen and oxygen atoms in total. The molecule has 24 heavy (non-hydrogen) atoms. The van der Waals surface area contributed by atoms with Crippen molar-refractivity contribution in [1.29, 1.82) is 0 Å². The Bertz CT molecular complexity index is 681. The summed E-state index contributed by atoms with van der Waals surface area (Å²) in [5.41, 5.74) is 1.14. The van der Waals surface area contributed by atoms with Crippen LogP contribution in [-0.4, -0.2) is 17.0 Å². The third kappa shape index (κ3) is 7.77. The lowest BCUT2D eigenvalue weighted by Gasteiger charge is -2.16. The molecule has 0 radical (unpaired) electrons. The van der Waals surface area contributed by atoms with Gasteiger partial charge in [0, 0.05) is 24.4 Å². The molecule has 130 valence electrons. The molecule has 0 saturated carbocycles. The van der Waals surface area contributed by atoms with E-state index < -0.39 is 5.97 Å². The Labute approximate surface area is 143 Å². The van der Waals surface area contributed by atoms with Crippen LogP contribution in [0, 0.1) is 5.41 Å². The number of carbonyl (C=O) groups is 2. The molecule has 0 saturated heterocycles. The van der Waals surface area contributed by atoms with E-state index in [4.69, 9.17) is 5.11 Å². The first-order chi connectivity index (χ1) is 11.2. The molecule has 0 heterocycles. The van der Waals surface area contributed by atoms with Crippen LogP contribution in [0.1, 0.15) is 47.0 Å². The molecule has 4 heteroatoms. The van der Waals surface area contributed by atoms with Gasteiger partial charge in [0.1, 0.15) is 0 Å². The molecule has 0 aromatic heterocycles. The van der Waals surface area contributed by atoms with Crippen LogP contribution in [0.15, 0.2) is 42.5 Å². The van der Waals surface area contributed by atoms with Gasteiger partial charge < -0.3 is 10.4 Å². The zero-order valence-corrected chi connectivity index (χ0v) is 14.9. The maximum atomic E-state index is 10.9. The number of hydrogen-bond acceptors (Lipinski definition) is 2. The molecule has 0 atom stereocenters. The second-order valence-electron chi connectivity index (χ2n) is 7.02. The van der Waals surface area contributed by atoms with E-state index in [9.17, 15) is 9.59 Å². The first-order valence-electron chi connectivity index (χ1n) is 8.16. The smallest absolute Gasteiger partial charge is 0.303 e. The highest BCUT2D eigenvalue weighted by molar-refractivity contribution is 6.01. The third-order valence-corrected chi connectivity index (χ3v) is 3.42. The number of rotatable bonds is 4. The fourth-order valence-electron chi connectivity index (χ4n) is 2.29. The number of carbonyl (C=O) groups excluding carboxylic acids is 1. The monoisotopic (exact) mass is 329 g/mol. The fraction of sp³-hybridized carbons (Fsp3) is 0.400. The van der Waals surface area contributed by atoms with Gasteiger partial charge in [-0.3, -0.25) is 9.59 Å². The molecule has 2 rings (SSSR count). The summed E-state index contributed by atoms with van der Waals surface area (Å²) in [6.07, 6.45) is 2.08. The predicted molar refractivity (Wildman–Crippen MR) is 99.2 cm³/mol. The second-order valence-corrected chi connectivity index (χ2v) is 7.02. The zero-order chi connectivity index (χ0) is 18.2. The molecule has 0 spiro atoms. The van der Waals surface area contributed by atoms with Crippen molar-refractivity contribution in [2.75, 3.05) is 5.32 Å². The van der Waals surface area contributed by atoms with Gasteiger partial charge in [0.05, 0.1) is 0 Å². The van der Waals surface area contributed by atoms with Crippen LogP contribution in [0.4, 0.5) is 5.69 Å². The predicted octanol–water partition coefficient (Wildman–Crippen LogP) is 5.09. The number of carboxylic acid groups (broad SMARTS) is 1. The number of amides is 1. The van der Waals surface area contributed by atoms with E-state index in [0.29, 0.717) is 6.42 Å². The van der Waals surface area contributed by atoms with E-state index >= 15 is 0 Å². The van der Waals surface area contributed by atoms with Gasteiger partial charge in [-0.15, -0.1) is 0 Å². The normalized spacial score (nSPS) is 10.7. The van der Waals surface area contributed by atoms with Crippen LogP contribution >= 0.6 is 0 Å². The topological polar surface area (TPSA) is 66.4 Å². The van der Waals surface area contributed by atoms with Gasteiger partial charge in [-0.2, -0.15) is 0 Å². The van der Waals surface area contributed by atoms with Crippen molar-refractivity contribution in [2.24, 2.45) is 5.41 Å². The van der Waals surface area contributed by atoms with Crippen LogP contribution < -0.4 is 5.32 Å². The van der Waals surface area contributed by atoms with Gasteiger partial charge in [-0.25, -0.2) is 0 Å². The number of carboxylic acids is 1. The maximum Gasteiger partial charge on any atom is 0.303 e. The molecule has 0 fully saturated rings. The molecule has 0 unspecified atom stereocenters. The van der Waals surface area contributed by atoms with Gasteiger partial charge in [-0.05, 0) is 29.7 Å². The minimum Gasteiger partial charge on any atom is -0.481 e. The summed E-state index contributed by atoms with van der Waals surface area (Å²) >= 11 is 0. The number of benzene rings is 2. The molecule has 2 aromatic carbocycles. The Kier molecular flexibility index (Phi) is 7.43. The van der Waals surface area contributed by atoms with E-state index in [1.807, 2.05) is 42.5 Å². The molecular formula is C20H27NO3. The van der Waals surface area contributed by atoms with Crippen molar-refractivity contribution < 1.29 is 14.7 Å². The first-order valence-corrected chi connectivity index (χ1v) is 8.16. The summed E-state index contributed by atoms with van der Waals surface area (Å²) < 4.78 is 0. The van der Waals surface area contributed by atoms with E-state index in [2.05, 4.69) is 26.1 Å². The molecule has 2 N–H and O–H groups in total. The Morgan fingerprint density at radius 2 is 1.67 bits per heavy atom. The van der Waals surface area contributed by atoms with Crippen molar-refractivity contribution in [3.05, 3.63) is 42.5 Å². The Hall–Kier alpha value is -2.36. The molecule has 2 aromatic rings. The second kappa shape index (κ2) is 9.06. The molecule has 1 amide bonds. The van der Waals surface area contributed by atoms with Crippen LogP contribution in [0.5, 0.6) is 0 Å². The zero-order valence-electron chi connectivity index (χ0n) is 14.9. The minimum absolute atomic E-state index is 0.0404. The first kappa shape index (κ1) is 19.7. The van der Waals surface area contributed by atoms with Crippen LogP contribution in [-0.2, 0) is 9.59 Å². The maximum absolute atomic E-state index is 10.9. The average Bonchev–Trinajstić information content (AvgIpc) is 2.46. The molecule has 0 aliphatic rings. The summed E-state index contributed by atoms with van der Waals surface area (Å²) in [7, 11) is 0. The van der Waals surface area contributed by atoms with Crippen molar-refractivity contribution in [3.8, 4) is 0 Å². The largest absolute Gasteiger partial charge is 0.481 e. The number of nitrogens with one attached hydrogen (secondary N) is 1. The highest BCUT2D eigenvalue weighted by Gasteiger charge is 2.10. The van der Waals surface area contributed by atoms with Crippen LogP contribution in [0.3, 0.4) is 0 Å². The highest BCUT2D eigenvalue weighted by atomic mass is 16.4. The van der Waals surface area contributed by atoms with E-state index in [1.54, 1.807) is 0 Å². The van der Waals surface area contributed by atoms with Gasteiger partial charge in [-0.1, -0.05) is 57.2 Å². The lowest BCUT2D eigenvalue weighted by Crippen LogP contribution is -2.05. The summed E-state index contributed by atoms with van der Waals surface area (Å²) in [5, 5.41) is 13.3. The third-order valence-electron chi connectivity index (χ3n) is 3.42. The Balaban J connectivity index is 0.000000257. The molecular weight excluding hydrogens is 302 g/mol. The van der Waals surface area contributed by atoms with E-state index in [-0.39, 0.29) is 11.3 Å². The lowest BCUT2D eigenvalue weighted by atomic mass is 9.90. The molecule has 0 aliphatic carbocycles.